The summed E-state index contributed by atoms with van der Waals surface area (Å²) in [5.74, 6) is 0.870. The number of rotatable bonds is 7. The van der Waals surface area contributed by atoms with E-state index >= 15 is 0 Å². The van der Waals surface area contributed by atoms with Gasteiger partial charge < -0.3 is 29.7 Å². The average molecular weight is 606 g/mol. The monoisotopic (exact) mass is 605 g/mol. The molecule has 2 fully saturated rings. The van der Waals surface area contributed by atoms with Gasteiger partial charge in [-0.15, -0.1) is 0 Å². The van der Waals surface area contributed by atoms with E-state index in [2.05, 4.69) is 20.7 Å². The van der Waals surface area contributed by atoms with Crippen molar-refractivity contribution in [2.75, 3.05) is 19.7 Å². The molecule has 3 aliphatic rings. The summed E-state index contributed by atoms with van der Waals surface area (Å²) in [6.45, 7) is 5.74. The summed E-state index contributed by atoms with van der Waals surface area (Å²) in [6.07, 6.45) is 3.08. The molecule has 0 amide bonds. The third-order valence-electron chi connectivity index (χ3n) is 8.83. The summed E-state index contributed by atoms with van der Waals surface area (Å²) in [6, 6.07) is 16.2. The standard InChI is InChI=1S/C32H33ClFN5O4/c1-32(24-7-6-21(33)16-25(24)34)42-28-4-2-3-23(30(28)43-32)19-9-12-38(13-10-19)18-29-36-26-15-20(31(35)37-40)5-8-27(26)39(29)17-22-11-14-41-22/h2-8,15-16,19,22,40H,9-14,17-18H2,1H3,(H2,35,37). The normalized spacial score (nSPS) is 22.7. The van der Waals surface area contributed by atoms with E-state index in [1.807, 2.05) is 30.3 Å². The molecule has 224 valence electrons. The van der Waals surface area contributed by atoms with Crippen LogP contribution in [0.3, 0.4) is 0 Å². The number of benzene rings is 3. The Balaban J connectivity index is 1.08. The van der Waals surface area contributed by atoms with Crippen molar-refractivity contribution in [1.29, 1.82) is 0 Å². The van der Waals surface area contributed by atoms with Gasteiger partial charge in [-0.1, -0.05) is 28.9 Å². The van der Waals surface area contributed by atoms with Gasteiger partial charge in [0.05, 0.1) is 35.8 Å². The number of hydrogen-bond acceptors (Lipinski definition) is 7. The number of ether oxygens (including phenoxy) is 3. The van der Waals surface area contributed by atoms with Crippen molar-refractivity contribution >= 4 is 28.5 Å². The average Bonchev–Trinajstić information content (AvgIpc) is 3.50. The van der Waals surface area contributed by atoms with Crippen molar-refractivity contribution < 1.29 is 23.8 Å². The third-order valence-corrected chi connectivity index (χ3v) is 9.07. The van der Waals surface area contributed by atoms with Gasteiger partial charge in [-0.3, -0.25) is 4.90 Å². The summed E-state index contributed by atoms with van der Waals surface area (Å²) < 4.78 is 35.4. The van der Waals surface area contributed by atoms with Crippen LogP contribution in [0.25, 0.3) is 11.0 Å². The first-order valence-corrected chi connectivity index (χ1v) is 15.0. The molecule has 4 heterocycles. The first kappa shape index (κ1) is 27.9. The van der Waals surface area contributed by atoms with E-state index in [0.29, 0.717) is 34.2 Å². The van der Waals surface area contributed by atoms with Crippen molar-refractivity contribution in [2.24, 2.45) is 10.9 Å². The minimum atomic E-state index is -1.27. The Morgan fingerprint density at radius 3 is 2.67 bits per heavy atom. The fourth-order valence-electron chi connectivity index (χ4n) is 6.39. The lowest BCUT2D eigenvalue weighted by Crippen LogP contribution is -2.35. The Labute approximate surface area is 253 Å². The lowest BCUT2D eigenvalue weighted by molar-refractivity contribution is -0.0712. The molecule has 0 aliphatic carbocycles. The topological polar surface area (TPSA) is 107 Å². The van der Waals surface area contributed by atoms with E-state index in [9.17, 15) is 4.39 Å². The molecule has 1 aromatic heterocycles. The second-order valence-electron chi connectivity index (χ2n) is 11.6. The molecule has 11 heteroatoms. The van der Waals surface area contributed by atoms with Crippen LogP contribution in [-0.4, -0.2) is 51.3 Å². The van der Waals surface area contributed by atoms with E-state index in [1.165, 1.54) is 6.07 Å². The van der Waals surface area contributed by atoms with Crippen LogP contribution in [0, 0.1) is 5.82 Å². The minimum absolute atomic E-state index is 0.0581. The molecule has 0 saturated carbocycles. The largest absolute Gasteiger partial charge is 0.444 e. The van der Waals surface area contributed by atoms with E-state index in [1.54, 1.807) is 19.1 Å². The van der Waals surface area contributed by atoms with Crippen LogP contribution in [0.1, 0.15) is 54.6 Å². The zero-order valence-corrected chi connectivity index (χ0v) is 24.6. The number of piperidine rings is 1. The van der Waals surface area contributed by atoms with E-state index < -0.39 is 11.6 Å². The van der Waals surface area contributed by atoms with Gasteiger partial charge in [-0.05, 0) is 80.7 Å². The quantitative estimate of drug-likeness (QED) is 0.120. The SMILES string of the molecule is CC1(c2ccc(Cl)cc2F)Oc2cccc(C3CCN(Cc4nc5cc(C(N)=NO)ccc5n4CC4CCO4)CC3)c2O1. The Bertz CT molecular complexity index is 1720. The summed E-state index contributed by atoms with van der Waals surface area (Å²) >= 11 is 5.98. The van der Waals surface area contributed by atoms with Crippen LogP contribution in [0.2, 0.25) is 5.02 Å². The van der Waals surface area contributed by atoms with Crippen LogP contribution < -0.4 is 15.2 Å². The first-order valence-electron chi connectivity index (χ1n) is 14.6. The predicted octanol–water partition coefficient (Wildman–Crippen LogP) is 5.74. The van der Waals surface area contributed by atoms with Gasteiger partial charge in [0.2, 0.25) is 0 Å². The second-order valence-corrected chi connectivity index (χ2v) is 12.0. The van der Waals surface area contributed by atoms with E-state index in [4.69, 9.17) is 41.7 Å². The molecule has 3 N–H and O–H groups in total. The Hall–Kier alpha value is -3.86. The van der Waals surface area contributed by atoms with Gasteiger partial charge in [0.15, 0.2) is 17.3 Å². The zero-order valence-electron chi connectivity index (χ0n) is 23.8. The number of hydrogen-bond donors (Lipinski definition) is 2. The Morgan fingerprint density at radius 1 is 1.14 bits per heavy atom. The van der Waals surface area contributed by atoms with Crippen molar-refractivity contribution in [2.45, 2.75) is 57.1 Å². The molecular formula is C32H33ClFN5O4. The molecule has 0 spiro atoms. The number of amidine groups is 1. The van der Waals surface area contributed by atoms with Gasteiger partial charge in [0, 0.05) is 29.7 Å². The number of aromatic nitrogens is 2. The lowest BCUT2D eigenvalue weighted by atomic mass is 9.88. The van der Waals surface area contributed by atoms with Gasteiger partial charge in [0.1, 0.15) is 11.6 Å². The zero-order chi connectivity index (χ0) is 29.7. The number of likely N-dealkylation sites (tertiary alicyclic amines) is 1. The highest BCUT2D eigenvalue weighted by atomic mass is 35.5. The summed E-state index contributed by atoms with van der Waals surface area (Å²) in [5.41, 5.74) is 9.68. The number of imidazole rings is 1. The van der Waals surface area contributed by atoms with Gasteiger partial charge in [0.25, 0.3) is 5.79 Å². The molecule has 3 aliphatic heterocycles. The molecule has 3 aromatic carbocycles. The number of halogens is 2. The Kier molecular flexibility index (Phi) is 7.15. The van der Waals surface area contributed by atoms with Crippen molar-refractivity contribution in [3.8, 4) is 11.5 Å². The van der Waals surface area contributed by atoms with Crippen LogP contribution in [0.4, 0.5) is 4.39 Å². The van der Waals surface area contributed by atoms with Crippen LogP contribution >= 0.6 is 11.6 Å². The molecule has 0 bridgehead atoms. The lowest BCUT2D eigenvalue weighted by Gasteiger charge is -2.33. The molecule has 2 saturated heterocycles. The van der Waals surface area contributed by atoms with Crippen LogP contribution in [-0.2, 0) is 23.6 Å². The molecule has 7 rings (SSSR count). The number of oxime groups is 1. The number of nitrogens with zero attached hydrogens (tertiary/aromatic N) is 4. The maximum Gasteiger partial charge on any atom is 0.278 e. The van der Waals surface area contributed by atoms with Crippen molar-refractivity contribution in [3.05, 3.63) is 88.0 Å². The molecule has 2 unspecified atom stereocenters. The number of para-hydroxylation sites is 1. The number of nitrogens with two attached hydrogens (primary N) is 1. The van der Waals surface area contributed by atoms with Gasteiger partial charge >= 0.3 is 0 Å². The fourth-order valence-corrected chi connectivity index (χ4v) is 6.55. The highest BCUT2D eigenvalue weighted by molar-refractivity contribution is 6.30. The molecule has 0 radical (unpaired) electrons. The second kappa shape index (κ2) is 11.0. The highest BCUT2D eigenvalue weighted by Gasteiger charge is 2.43. The maximum absolute atomic E-state index is 14.8. The van der Waals surface area contributed by atoms with E-state index in [-0.39, 0.29) is 17.9 Å². The summed E-state index contributed by atoms with van der Waals surface area (Å²) in [4.78, 5) is 7.40. The van der Waals surface area contributed by atoms with Crippen LogP contribution in [0.15, 0.2) is 59.8 Å². The molecule has 4 aromatic rings. The Morgan fingerprint density at radius 2 is 1.95 bits per heavy atom. The van der Waals surface area contributed by atoms with Gasteiger partial charge in [-0.25, -0.2) is 9.37 Å². The van der Waals surface area contributed by atoms with Crippen LogP contribution in [0.5, 0.6) is 11.5 Å². The first-order chi connectivity index (χ1) is 20.8. The molecule has 2 atom stereocenters. The van der Waals surface area contributed by atoms with Gasteiger partial charge in [-0.2, -0.15) is 0 Å². The summed E-state index contributed by atoms with van der Waals surface area (Å²) in [5, 5.41) is 12.6. The molecule has 43 heavy (non-hydrogen) atoms. The summed E-state index contributed by atoms with van der Waals surface area (Å²) in [7, 11) is 0. The third kappa shape index (κ3) is 5.17. The predicted molar refractivity (Wildman–Crippen MR) is 160 cm³/mol. The highest BCUT2D eigenvalue weighted by Crippen LogP contribution is 2.49. The maximum atomic E-state index is 14.8. The fraction of sp³-hybridized carbons (Fsp3) is 0.375. The number of fused-ring (bicyclic) bond motifs is 2. The van der Waals surface area contributed by atoms with Crippen molar-refractivity contribution in [1.82, 2.24) is 14.5 Å². The van der Waals surface area contributed by atoms with E-state index in [0.717, 1.165) is 67.9 Å². The smallest absolute Gasteiger partial charge is 0.278 e. The van der Waals surface area contributed by atoms with Crippen molar-refractivity contribution in [3.63, 3.8) is 0 Å². The minimum Gasteiger partial charge on any atom is -0.444 e. The molecular weight excluding hydrogens is 573 g/mol. The molecule has 9 nitrogen and oxygen atoms in total.